The van der Waals surface area contributed by atoms with E-state index in [1.807, 2.05) is 13.8 Å². The Kier molecular flexibility index (Phi) is 4.82. The fourth-order valence-corrected chi connectivity index (χ4v) is 1.46. The largest absolute Gasteiger partial charge is 0.399 e. The molecule has 0 aliphatic carbocycles. The van der Waals surface area contributed by atoms with Crippen LogP contribution in [0.15, 0.2) is 30.6 Å². The molecule has 0 radical (unpaired) electrons. The fraction of sp³-hybridized carbons (Fsp3) is 0.154. The Morgan fingerprint density at radius 2 is 1.42 bits per heavy atom. The van der Waals surface area contributed by atoms with Crippen molar-refractivity contribution in [1.29, 1.82) is 5.41 Å². The molecule has 0 saturated heterocycles. The summed E-state index contributed by atoms with van der Waals surface area (Å²) in [4.78, 5) is 7.65. The summed E-state index contributed by atoms with van der Waals surface area (Å²) in [6.45, 7) is 4.00. The van der Waals surface area contributed by atoms with Gasteiger partial charge in [-0.1, -0.05) is 26.0 Å². The third-order valence-electron chi connectivity index (χ3n) is 2.36. The number of nitrogen functional groups attached to an aromatic ring is 3. The van der Waals surface area contributed by atoms with Crippen LogP contribution in [0.3, 0.4) is 0 Å². The first-order chi connectivity index (χ1) is 9.09. The van der Waals surface area contributed by atoms with E-state index in [0.29, 0.717) is 16.8 Å². The minimum Gasteiger partial charge on any atom is -0.399 e. The van der Waals surface area contributed by atoms with Crippen LogP contribution in [0.2, 0.25) is 0 Å². The molecule has 0 aliphatic rings. The molecule has 6 nitrogen and oxygen atoms in total. The maximum atomic E-state index is 8.04. The van der Waals surface area contributed by atoms with E-state index in [1.165, 1.54) is 6.33 Å². The number of hydrogen-bond donors (Lipinski definition) is 4. The zero-order valence-corrected chi connectivity index (χ0v) is 11.0. The van der Waals surface area contributed by atoms with Crippen molar-refractivity contribution in [2.75, 3.05) is 17.2 Å². The first kappa shape index (κ1) is 14.4. The van der Waals surface area contributed by atoms with Crippen LogP contribution in [-0.2, 0) is 0 Å². The lowest BCUT2D eigenvalue weighted by Gasteiger charge is -2.08. The Hall–Kier alpha value is -2.63. The maximum absolute atomic E-state index is 8.04. The quantitative estimate of drug-likeness (QED) is 0.481. The zero-order valence-electron chi connectivity index (χ0n) is 11.0. The molecule has 1 heterocycles. The van der Waals surface area contributed by atoms with Crippen molar-refractivity contribution in [2.45, 2.75) is 13.8 Å². The van der Waals surface area contributed by atoms with E-state index in [4.69, 9.17) is 22.6 Å². The van der Waals surface area contributed by atoms with Crippen LogP contribution in [0.25, 0.3) is 0 Å². The van der Waals surface area contributed by atoms with Crippen molar-refractivity contribution in [2.24, 2.45) is 0 Å². The van der Waals surface area contributed by atoms with Crippen LogP contribution >= 0.6 is 0 Å². The summed E-state index contributed by atoms with van der Waals surface area (Å²) in [7, 11) is 0. The molecule has 7 N–H and O–H groups in total. The van der Waals surface area contributed by atoms with Gasteiger partial charge in [-0.25, -0.2) is 9.97 Å². The molecule has 0 unspecified atom stereocenters. The van der Waals surface area contributed by atoms with Gasteiger partial charge in [-0.2, -0.15) is 0 Å². The van der Waals surface area contributed by atoms with E-state index in [-0.39, 0.29) is 17.3 Å². The number of nitrogens with two attached hydrogens (primary N) is 3. The lowest BCUT2D eigenvalue weighted by Crippen LogP contribution is -2.11. The number of rotatable bonds is 2. The molecular formula is C13H18N6. The molecule has 0 amide bonds. The lowest BCUT2D eigenvalue weighted by atomic mass is 10.0. The van der Waals surface area contributed by atoms with Crippen molar-refractivity contribution >= 4 is 23.0 Å². The van der Waals surface area contributed by atoms with Gasteiger partial charge in [0.25, 0.3) is 0 Å². The highest BCUT2D eigenvalue weighted by atomic mass is 15.0. The van der Waals surface area contributed by atoms with Crippen LogP contribution in [0, 0.1) is 5.41 Å². The summed E-state index contributed by atoms with van der Waals surface area (Å²) < 4.78 is 0. The first-order valence-electron chi connectivity index (χ1n) is 5.90. The SMILES string of the molecule is CC.N=C(c1ccc(N)cc1)c1c(N)ncnc1N. The van der Waals surface area contributed by atoms with Gasteiger partial charge in [0.05, 0.1) is 11.3 Å². The van der Waals surface area contributed by atoms with Crippen molar-refractivity contribution in [1.82, 2.24) is 9.97 Å². The van der Waals surface area contributed by atoms with E-state index >= 15 is 0 Å². The molecule has 1 aromatic heterocycles. The Morgan fingerprint density at radius 3 is 1.89 bits per heavy atom. The van der Waals surface area contributed by atoms with Gasteiger partial charge in [-0.05, 0) is 12.1 Å². The minimum atomic E-state index is 0.181. The van der Waals surface area contributed by atoms with Crippen molar-refractivity contribution in [3.05, 3.63) is 41.7 Å². The second-order valence-corrected chi connectivity index (χ2v) is 3.52. The molecule has 0 aliphatic heterocycles. The molecule has 0 spiro atoms. The van der Waals surface area contributed by atoms with Crippen LogP contribution in [0.5, 0.6) is 0 Å². The standard InChI is InChI=1S/C11H12N6.C2H6/c12-7-3-1-6(2-4-7)9(13)8-10(14)16-5-17-11(8)15;1-2/h1-5,13H,12H2,(H4,14,15,16,17);1-2H3. The average Bonchev–Trinajstić information content (AvgIpc) is 2.41. The third-order valence-corrected chi connectivity index (χ3v) is 2.36. The van der Waals surface area contributed by atoms with E-state index in [2.05, 4.69) is 9.97 Å². The number of aromatic nitrogens is 2. The Bertz CT molecular complexity index is 542. The predicted octanol–water partition coefficient (Wildman–Crippen LogP) is 1.67. The molecule has 1 aromatic carbocycles. The Balaban J connectivity index is 0.000000861. The third kappa shape index (κ3) is 3.19. The smallest absolute Gasteiger partial charge is 0.138 e. The van der Waals surface area contributed by atoms with Gasteiger partial charge >= 0.3 is 0 Å². The monoisotopic (exact) mass is 258 g/mol. The first-order valence-corrected chi connectivity index (χ1v) is 5.90. The second-order valence-electron chi connectivity index (χ2n) is 3.52. The molecular weight excluding hydrogens is 240 g/mol. The molecule has 19 heavy (non-hydrogen) atoms. The average molecular weight is 258 g/mol. The summed E-state index contributed by atoms with van der Waals surface area (Å²) in [6.07, 6.45) is 1.27. The van der Waals surface area contributed by atoms with Crippen LogP contribution in [-0.4, -0.2) is 15.7 Å². The van der Waals surface area contributed by atoms with Crippen molar-refractivity contribution in [3.63, 3.8) is 0 Å². The summed E-state index contributed by atoms with van der Waals surface area (Å²) in [5, 5.41) is 8.04. The second kappa shape index (κ2) is 6.34. The highest BCUT2D eigenvalue weighted by Gasteiger charge is 2.13. The zero-order chi connectivity index (χ0) is 14.4. The fourth-order valence-electron chi connectivity index (χ4n) is 1.46. The van der Waals surface area contributed by atoms with Crippen LogP contribution in [0.1, 0.15) is 25.0 Å². The van der Waals surface area contributed by atoms with Gasteiger partial charge in [0.15, 0.2) is 0 Å². The molecule has 0 atom stereocenters. The molecule has 6 heteroatoms. The summed E-state index contributed by atoms with van der Waals surface area (Å²) in [6, 6.07) is 6.87. The minimum absolute atomic E-state index is 0.181. The molecule has 100 valence electrons. The molecule has 0 fully saturated rings. The van der Waals surface area contributed by atoms with E-state index < -0.39 is 0 Å². The molecule has 2 rings (SSSR count). The number of anilines is 3. The lowest BCUT2D eigenvalue weighted by molar-refractivity contribution is 1.17. The highest BCUT2D eigenvalue weighted by Crippen LogP contribution is 2.19. The van der Waals surface area contributed by atoms with Gasteiger partial charge in [0, 0.05) is 11.3 Å². The van der Waals surface area contributed by atoms with Crippen LogP contribution < -0.4 is 17.2 Å². The van der Waals surface area contributed by atoms with E-state index in [9.17, 15) is 0 Å². The van der Waals surface area contributed by atoms with E-state index in [0.717, 1.165) is 0 Å². The van der Waals surface area contributed by atoms with Gasteiger partial charge in [0.1, 0.15) is 18.0 Å². The van der Waals surface area contributed by atoms with Gasteiger partial charge in [0.2, 0.25) is 0 Å². The Morgan fingerprint density at radius 1 is 0.947 bits per heavy atom. The van der Waals surface area contributed by atoms with E-state index in [1.54, 1.807) is 24.3 Å². The van der Waals surface area contributed by atoms with Crippen molar-refractivity contribution < 1.29 is 0 Å². The van der Waals surface area contributed by atoms with Gasteiger partial charge < -0.3 is 17.2 Å². The Labute approximate surface area is 112 Å². The number of nitrogens with one attached hydrogen (secondary N) is 1. The van der Waals surface area contributed by atoms with Crippen LogP contribution in [0.4, 0.5) is 17.3 Å². The number of nitrogens with zero attached hydrogens (tertiary/aromatic N) is 2. The predicted molar refractivity (Wildman–Crippen MR) is 79.0 cm³/mol. The molecule has 2 aromatic rings. The summed E-state index contributed by atoms with van der Waals surface area (Å²) in [5.41, 5.74) is 18.8. The summed E-state index contributed by atoms with van der Waals surface area (Å²) >= 11 is 0. The van der Waals surface area contributed by atoms with Crippen molar-refractivity contribution in [3.8, 4) is 0 Å². The van der Waals surface area contributed by atoms with Gasteiger partial charge in [-0.15, -0.1) is 0 Å². The highest BCUT2D eigenvalue weighted by molar-refractivity contribution is 6.16. The molecule has 0 saturated carbocycles. The van der Waals surface area contributed by atoms with Gasteiger partial charge in [-0.3, -0.25) is 5.41 Å². The number of benzene rings is 1. The number of hydrogen-bond acceptors (Lipinski definition) is 6. The maximum Gasteiger partial charge on any atom is 0.138 e. The topological polar surface area (TPSA) is 128 Å². The summed E-state index contributed by atoms with van der Waals surface area (Å²) in [5.74, 6) is 0.388. The molecule has 0 bridgehead atoms. The normalized spacial score (nSPS) is 9.37.